The molecule has 1 N–H and O–H groups in total. The van der Waals surface area contributed by atoms with E-state index in [2.05, 4.69) is 25.3 Å². The van der Waals surface area contributed by atoms with Crippen molar-refractivity contribution >= 4 is 17.6 Å². The fourth-order valence-electron chi connectivity index (χ4n) is 2.49. The number of likely N-dealkylation sites (tertiary alicyclic amines) is 1. The van der Waals surface area contributed by atoms with Gasteiger partial charge in [-0.05, 0) is 25.0 Å². The molecule has 0 atom stereocenters. The summed E-state index contributed by atoms with van der Waals surface area (Å²) >= 11 is 5.98. The Hall–Kier alpha value is -2.08. The van der Waals surface area contributed by atoms with E-state index in [4.69, 9.17) is 16.1 Å². The molecule has 3 rings (SSSR count). The van der Waals surface area contributed by atoms with E-state index in [1.165, 1.54) is 12.8 Å². The van der Waals surface area contributed by atoms with Gasteiger partial charge in [-0.1, -0.05) is 28.9 Å². The molecular weight excluding hydrogens is 302 g/mol. The van der Waals surface area contributed by atoms with Gasteiger partial charge in [0.25, 0.3) is 0 Å². The second-order valence-corrected chi connectivity index (χ2v) is 5.55. The zero-order chi connectivity index (χ0) is 15.4. The Balaban J connectivity index is 1.64. The van der Waals surface area contributed by atoms with Crippen LogP contribution >= 0.6 is 11.6 Å². The zero-order valence-corrected chi connectivity index (χ0v) is 13.2. The van der Waals surface area contributed by atoms with E-state index < -0.39 is 0 Å². The molecule has 2 heterocycles. The van der Waals surface area contributed by atoms with Crippen LogP contribution in [-0.2, 0) is 6.54 Å². The van der Waals surface area contributed by atoms with E-state index in [0.717, 1.165) is 24.6 Å². The van der Waals surface area contributed by atoms with E-state index in [1.54, 1.807) is 7.05 Å². The summed E-state index contributed by atoms with van der Waals surface area (Å²) in [5.41, 5.74) is 0.839. The molecule has 1 aliphatic heterocycles. The maximum absolute atomic E-state index is 5.98. The van der Waals surface area contributed by atoms with Crippen LogP contribution in [0.2, 0.25) is 5.02 Å². The van der Waals surface area contributed by atoms with Gasteiger partial charge >= 0.3 is 0 Å². The summed E-state index contributed by atoms with van der Waals surface area (Å²) in [5, 5.41) is 7.90. The fraction of sp³-hybridized carbons (Fsp3) is 0.400. The van der Waals surface area contributed by atoms with Crippen LogP contribution in [0, 0.1) is 0 Å². The Bertz CT molecular complexity index is 663. The van der Waals surface area contributed by atoms with Gasteiger partial charge < -0.3 is 14.7 Å². The molecule has 0 unspecified atom stereocenters. The normalized spacial score (nSPS) is 15.4. The monoisotopic (exact) mass is 319 g/mol. The molecule has 22 heavy (non-hydrogen) atoms. The number of halogens is 1. The standard InChI is InChI=1S/C15H18ClN5O/c1-17-15(21-7-2-3-8-21)18-10-13-19-14(20-22-13)11-5-4-6-12(16)9-11/h4-6,9H,2-3,7-8,10H2,1H3,(H,17,18). The number of aromatic nitrogens is 2. The number of hydrogen-bond donors (Lipinski definition) is 1. The van der Waals surface area contributed by atoms with Crippen LogP contribution in [0.3, 0.4) is 0 Å². The predicted octanol–water partition coefficient (Wildman–Crippen LogP) is 2.56. The molecule has 0 spiro atoms. The second-order valence-electron chi connectivity index (χ2n) is 5.12. The lowest BCUT2D eigenvalue weighted by Crippen LogP contribution is -2.39. The molecule has 0 amide bonds. The van der Waals surface area contributed by atoms with Crippen molar-refractivity contribution in [3.05, 3.63) is 35.2 Å². The Morgan fingerprint density at radius 3 is 2.95 bits per heavy atom. The first-order valence-corrected chi connectivity index (χ1v) is 7.68. The van der Waals surface area contributed by atoms with Crippen molar-refractivity contribution in [1.29, 1.82) is 0 Å². The highest BCUT2D eigenvalue weighted by Crippen LogP contribution is 2.19. The van der Waals surface area contributed by atoms with Crippen molar-refractivity contribution in [2.45, 2.75) is 19.4 Å². The molecule has 0 bridgehead atoms. The largest absolute Gasteiger partial charge is 0.347 e. The van der Waals surface area contributed by atoms with Gasteiger partial charge in [0.15, 0.2) is 5.96 Å². The number of aliphatic imine (C=N–C) groups is 1. The lowest BCUT2D eigenvalue weighted by molar-refractivity contribution is 0.372. The molecule has 1 saturated heterocycles. The average molecular weight is 320 g/mol. The Labute approximate surface area is 134 Å². The van der Waals surface area contributed by atoms with Crippen LogP contribution in [0.15, 0.2) is 33.8 Å². The highest BCUT2D eigenvalue weighted by Gasteiger charge is 2.16. The molecule has 1 aromatic carbocycles. The van der Waals surface area contributed by atoms with Gasteiger partial charge in [-0.25, -0.2) is 0 Å². The molecule has 1 aromatic heterocycles. The molecule has 0 radical (unpaired) electrons. The number of guanidine groups is 1. The van der Waals surface area contributed by atoms with Crippen LogP contribution in [0.5, 0.6) is 0 Å². The lowest BCUT2D eigenvalue weighted by Gasteiger charge is -2.19. The fourth-order valence-corrected chi connectivity index (χ4v) is 2.68. The van der Waals surface area contributed by atoms with Gasteiger partial charge in [0.1, 0.15) is 0 Å². The first-order chi connectivity index (χ1) is 10.8. The van der Waals surface area contributed by atoms with Crippen molar-refractivity contribution in [1.82, 2.24) is 20.4 Å². The molecule has 0 saturated carbocycles. The van der Waals surface area contributed by atoms with Crippen LogP contribution in [0.1, 0.15) is 18.7 Å². The van der Waals surface area contributed by atoms with Crippen LogP contribution in [0.25, 0.3) is 11.4 Å². The minimum absolute atomic E-state index is 0.455. The smallest absolute Gasteiger partial charge is 0.246 e. The van der Waals surface area contributed by atoms with Gasteiger partial charge in [-0.2, -0.15) is 4.98 Å². The zero-order valence-electron chi connectivity index (χ0n) is 12.4. The van der Waals surface area contributed by atoms with Gasteiger partial charge in [0, 0.05) is 30.7 Å². The quantitative estimate of drug-likeness (QED) is 0.695. The molecule has 1 aliphatic rings. The van der Waals surface area contributed by atoms with Crippen molar-refractivity contribution < 1.29 is 4.52 Å². The summed E-state index contributed by atoms with van der Waals surface area (Å²) < 4.78 is 5.28. The number of nitrogens with zero attached hydrogens (tertiary/aromatic N) is 4. The number of nitrogens with one attached hydrogen (secondary N) is 1. The van der Waals surface area contributed by atoms with Gasteiger partial charge in [-0.3, -0.25) is 4.99 Å². The summed E-state index contributed by atoms with van der Waals surface area (Å²) in [6, 6.07) is 7.39. The highest BCUT2D eigenvalue weighted by atomic mass is 35.5. The topological polar surface area (TPSA) is 66.5 Å². The van der Waals surface area contributed by atoms with Crippen LogP contribution < -0.4 is 5.32 Å². The number of rotatable bonds is 3. The third kappa shape index (κ3) is 3.39. The summed E-state index contributed by atoms with van der Waals surface area (Å²) in [6.45, 7) is 2.53. The Morgan fingerprint density at radius 1 is 1.41 bits per heavy atom. The van der Waals surface area contributed by atoms with E-state index in [0.29, 0.717) is 23.3 Å². The van der Waals surface area contributed by atoms with E-state index >= 15 is 0 Å². The molecular formula is C15H18ClN5O. The summed E-state index contributed by atoms with van der Waals surface area (Å²) in [6.07, 6.45) is 2.42. The minimum Gasteiger partial charge on any atom is -0.347 e. The molecule has 2 aromatic rings. The highest BCUT2D eigenvalue weighted by molar-refractivity contribution is 6.30. The SMILES string of the molecule is CN=C(NCc1nc(-c2cccc(Cl)c2)no1)N1CCCC1. The van der Waals surface area contributed by atoms with E-state index in [-0.39, 0.29) is 0 Å². The summed E-state index contributed by atoms with van der Waals surface area (Å²) in [5.74, 6) is 1.94. The third-order valence-electron chi connectivity index (χ3n) is 3.57. The summed E-state index contributed by atoms with van der Waals surface area (Å²) in [7, 11) is 1.78. The number of benzene rings is 1. The van der Waals surface area contributed by atoms with E-state index in [1.807, 2.05) is 24.3 Å². The molecule has 6 nitrogen and oxygen atoms in total. The predicted molar refractivity (Wildman–Crippen MR) is 85.7 cm³/mol. The van der Waals surface area contributed by atoms with Gasteiger partial charge in [-0.15, -0.1) is 0 Å². The lowest BCUT2D eigenvalue weighted by atomic mass is 10.2. The third-order valence-corrected chi connectivity index (χ3v) is 3.80. The first-order valence-electron chi connectivity index (χ1n) is 7.30. The molecule has 0 aliphatic carbocycles. The maximum Gasteiger partial charge on any atom is 0.246 e. The Morgan fingerprint density at radius 2 is 2.23 bits per heavy atom. The number of hydrogen-bond acceptors (Lipinski definition) is 4. The van der Waals surface area contributed by atoms with Crippen LogP contribution in [-0.4, -0.2) is 41.1 Å². The minimum atomic E-state index is 0.455. The molecule has 1 fully saturated rings. The second kappa shape index (κ2) is 6.79. The average Bonchev–Trinajstić information content (AvgIpc) is 3.19. The van der Waals surface area contributed by atoms with Crippen LogP contribution in [0.4, 0.5) is 0 Å². The van der Waals surface area contributed by atoms with Crippen molar-refractivity contribution in [3.63, 3.8) is 0 Å². The first kappa shape index (κ1) is 14.8. The molecule has 7 heteroatoms. The summed E-state index contributed by atoms with van der Waals surface area (Å²) in [4.78, 5) is 10.9. The maximum atomic E-state index is 5.98. The van der Waals surface area contributed by atoms with Crippen molar-refractivity contribution in [3.8, 4) is 11.4 Å². The van der Waals surface area contributed by atoms with Crippen molar-refractivity contribution in [2.24, 2.45) is 4.99 Å². The Kier molecular flexibility index (Phi) is 4.58. The van der Waals surface area contributed by atoms with E-state index in [9.17, 15) is 0 Å². The molecule has 116 valence electrons. The van der Waals surface area contributed by atoms with Gasteiger partial charge in [0.05, 0.1) is 6.54 Å². The van der Waals surface area contributed by atoms with Crippen molar-refractivity contribution in [2.75, 3.05) is 20.1 Å². The van der Waals surface area contributed by atoms with Gasteiger partial charge in [0.2, 0.25) is 11.7 Å².